The Hall–Kier alpha value is -1.32. The molecule has 0 radical (unpaired) electrons. The number of carbonyl (C=O) groups is 2. The lowest BCUT2D eigenvalue weighted by Crippen LogP contribution is -2.38. The predicted molar refractivity (Wildman–Crippen MR) is 77.1 cm³/mol. The van der Waals surface area contributed by atoms with Crippen LogP contribution < -0.4 is 5.32 Å². The molecule has 20 heavy (non-hydrogen) atoms. The summed E-state index contributed by atoms with van der Waals surface area (Å²) >= 11 is 0. The van der Waals surface area contributed by atoms with E-state index in [0.717, 1.165) is 25.7 Å². The van der Waals surface area contributed by atoms with Gasteiger partial charge in [0.1, 0.15) is 0 Å². The van der Waals surface area contributed by atoms with Gasteiger partial charge < -0.3 is 10.4 Å². The van der Waals surface area contributed by atoms with Gasteiger partial charge >= 0.3 is 5.97 Å². The summed E-state index contributed by atoms with van der Waals surface area (Å²) in [5.41, 5.74) is 0. The van der Waals surface area contributed by atoms with Crippen LogP contribution in [0.1, 0.15) is 46.0 Å². The number of allylic oxidation sites excluding steroid dienone is 2. The van der Waals surface area contributed by atoms with Crippen molar-refractivity contribution in [2.45, 2.75) is 52.0 Å². The van der Waals surface area contributed by atoms with Gasteiger partial charge in [0.25, 0.3) is 0 Å². The summed E-state index contributed by atoms with van der Waals surface area (Å²) in [4.78, 5) is 22.9. The Morgan fingerprint density at radius 3 is 2.55 bits per heavy atom. The largest absolute Gasteiger partial charge is 0.481 e. The van der Waals surface area contributed by atoms with Gasteiger partial charge in [-0.25, -0.2) is 0 Å². The van der Waals surface area contributed by atoms with Gasteiger partial charge in [0.2, 0.25) is 5.91 Å². The van der Waals surface area contributed by atoms with Crippen molar-refractivity contribution in [2.75, 3.05) is 0 Å². The normalized spacial score (nSPS) is 30.2. The maximum atomic E-state index is 12.2. The number of amides is 1. The Labute approximate surface area is 120 Å². The topological polar surface area (TPSA) is 66.4 Å². The van der Waals surface area contributed by atoms with Crippen molar-refractivity contribution in [1.29, 1.82) is 0 Å². The van der Waals surface area contributed by atoms with Gasteiger partial charge in [-0.1, -0.05) is 25.5 Å². The average molecular weight is 279 g/mol. The molecule has 1 amide bonds. The Bertz CT molecular complexity index is 405. The highest BCUT2D eigenvalue weighted by Gasteiger charge is 2.39. The van der Waals surface area contributed by atoms with Crippen LogP contribution in [0.15, 0.2) is 12.2 Å². The van der Waals surface area contributed by atoms with E-state index in [2.05, 4.69) is 17.5 Å². The summed E-state index contributed by atoms with van der Waals surface area (Å²) in [6.07, 6.45) is 8.93. The zero-order valence-corrected chi connectivity index (χ0v) is 12.3. The molecule has 0 aromatic carbocycles. The van der Waals surface area contributed by atoms with Gasteiger partial charge in [0.15, 0.2) is 0 Å². The van der Waals surface area contributed by atoms with E-state index in [1.54, 1.807) is 6.92 Å². The molecule has 2 aliphatic rings. The van der Waals surface area contributed by atoms with Crippen molar-refractivity contribution in [3.63, 3.8) is 0 Å². The number of nitrogens with one attached hydrogen (secondary N) is 1. The van der Waals surface area contributed by atoms with Gasteiger partial charge in [0.05, 0.1) is 5.92 Å². The zero-order valence-electron chi connectivity index (χ0n) is 12.3. The standard InChI is InChI=1S/C16H25NO3/c1-10(16(19)20)4-3-5-11(2)17-15(18)14-9-12-6-7-13(14)8-12/h6-7,10-14H,3-5,8-9H2,1-2H3,(H,17,18)(H,19,20). The van der Waals surface area contributed by atoms with Crippen molar-refractivity contribution < 1.29 is 14.7 Å². The van der Waals surface area contributed by atoms with Crippen molar-refractivity contribution in [1.82, 2.24) is 5.32 Å². The number of hydrogen-bond donors (Lipinski definition) is 2. The van der Waals surface area contributed by atoms with E-state index in [1.807, 2.05) is 6.92 Å². The Kier molecular flexibility index (Phi) is 4.84. The molecule has 1 fully saturated rings. The molecule has 112 valence electrons. The molecule has 0 spiro atoms. The summed E-state index contributed by atoms with van der Waals surface area (Å²) in [5, 5.41) is 11.9. The minimum atomic E-state index is -0.740. The molecule has 0 saturated heterocycles. The Balaban J connectivity index is 1.67. The van der Waals surface area contributed by atoms with E-state index in [1.165, 1.54) is 0 Å². The maximum absolute atomic E-state index is 12.2. The number of carboxylic acids is 1. The molecule has 2 bridgehead atoms. The van der Waals surface area contributed by atoms with Crippen LogP contribution in [0.3, 0.4) is 0 Å². The number of carbonyl (C=O) groups excluding carboxylic acids is 1. The lowest BCUT2D eigenvalue weighted by Gasteiger charge is -2.21. The third-order valence-corrected chi connectivity index (χ3v) is 4.70. The Morgan fingerprint density at radius 1 is 1.25 bits per heavy atom. The number of hydrogen-bond acceptors (Lipinski definition) is 2. The van der Waals surface area contributed by atoms with Gasteiger partial charge in [-0.05, 0) is 44.4 Å². The van der Waals surface area contributed by atoms with Crippen LogP contribution >= 0.6 is 0 Å². The molecular formula is C16H25NO3. The summed E-state index contributed by atoms with van der Waals surface area (Å²) in [6.45, 7) is 3.74. The van der Waals surface area contributed by atoms with Crippen LogP contribution in [0.5, 0.6) is 0 Å². The van der Waals surface area contributed by atoms with Crippen LogP contribution in [-0.4, -0.2) is 23.0 Å². The van der Waals surface area contributed by atoms with E-state index in [4.69, 9.17) is 5.11 Å². The van der Waals surface area contributed by atoms with Crippen molar-refractivity contribution in [2.24, 2.45) is 23.7 Å². The third-order valence-electron chi connectivity index (χ3n) is 4.70. The molecule has 2 rings (SSSR count). The third kappa shape index (κ3) is 3.62. The first kappa shape index (κ1) is 15.1. The smallest absolute Gasteiger partial charge is 0.306 e. The molecule has 5 atom stereocenters. The number of rotatable bonds is 7. The van der Waals surface area contributed by atoms with Crippen molar-refractivity contribution >= 4 is 11.9 Å². The van der Waals surface area contributed by atoms with Crippen LogP contribution in [0.4, 0.5) is 0 Å². The monoisotopic (exact) mass is 279 g/mol. The molecule has 0 aromatic rings. The highest BCUT2D eigenvalue weighted by Crippen LogP contribution is 2.43. The minimum Gasteiger partial charge on any atom is -0.481 e. The first-order chi connectivity index (χ1) is 9.47. The first-order valence-electron chi connectivity index (χ1n) is 7.69. The second-order valence-electron chi connectivity index (χ2n) is 6.47. The predicted octanol–water partition coefficient (Wildman–Crippen LogP) is 2.59. The van der Waals surface area contributed by atoms with Crippen LogP contribution in [0.2, 0.25) is 0 Å². The molecule has 0 aliphatic heterocycles. The molecule has 1 saturated carbocycles. The fourth-order valence-electron chi connectivity index (χ4n) is 3.36. The second kappa shape index (κ2) is 6.42. The SMILES string of the molecule is CC(CCCC(C)C(=O)O)NC(=O)C1CC2C=CC1C2. The van der Waals surface area contributed by atoms with Crippen LogP contribution in [0, 0.1) is 23.7 Å². The van der Waals surface area contributed by atoms with Gasteiger partial charge in [-0.15, -0.1) is 0 Å². The number of carboxylic acid groups (broad SMARTS) is 1. The maximum Gasteiger partial charge on any atom is 0.306 e. The van der Waals surface area contributed by atoms with Gasteiger partial charge in [-0.3, -0.25) is 9.59 Å². The molecule has 2 N–H and O–H groups in total. The van der Waals surface area contributed by atoms with Gasteiger partial charge in [0, 0.05) is 12.0 Å². The number of aliphatic carboxylic acids is 1. The van der Waals surface area contributed by atoms with E-state index in [0.29, 0.717) is 18.3 Å². The second-order valence-corrected chi connectivity index (χ2v) is 6.47. The van der Waals surface area contributed by atoms with E-state index < -0.39 is 5.97 Å². The van der Waals surface area contributed by atoms with Crippen LogP contribution in [-0.2, 0) is 9.59 Å². The summed E-state index contributed by atoms with van der Waals surface area (Å²) in [6, 6.07) is 0.131. The van der Waals surface area contributed by atoms with E-state index in [-0.39, 0.29) is 23.8 Å². The van der Waals surface area contributed by atoms with Crippen molar-refractivity contribution in [3.05, 3.63) is 12.2 Å². The lowest BCUT2D eigenvalue weighted by molar-refractivity contribution is -0.141. The molecule has 0 heterocycles. The first-order valence-corrected chi connectivity index (χ1v) is 7.69. The molecule has 5 unspecified atom stereocenters. The summed E-state index contributed by atoms with van der Waals surface area (Å²) in [5.74, 6) is 0.358. The minimum absolute atomic E-state index is 0.131. The van der Waals surface area contributed by atoms with E-state index >= 15 is 0 Å². The summed E-state index contributed by atoms with van der Waals surface area (Å²) < 4.78 is 0. The fourth-order valence-corrected chi connectivity index (χ4v) is 3.36. The molecule has 4 nitrogen and oxygen atoms in total. The molecule has 0 aromatic heterocycles. The lowest BCUT2D eigenvalue weighted by atomic mass is 9.92. The van der Waals surface area contributed by atoms with Crippen LogP contribution in [0.25, 0.3) is 0 Å². The van der Waals surface area contributed by atoms with Gasteiger partial charge in [-0.2, -0.15) is 0 Å². The van der Waals surface area contributed by atoms with E-state index in [9.17, 15) is 9.59 Å². The highest BCUT2D eigenvalue weighted by molar-refractivity contribution is 5.80. The summed E-state index contributed by atoms with van der Waals surface area (Å²) in [7, 11) is 0. The highest BCUT2D eigenvalue weighted by atomic mass is 16.4. The Morgan fingerprint density at radius 2 is 2.00 bits per heavy atom. The molecular weight excluding hydrogens is 254 g/mol. The zero-order chi connectivity index (χ0) is 14.7. The quantitative estimate of drug-likeness (QED) is 0.704. The molecule has 4 heteroatoms. The molecule has 2 aliphatic carbocycles. The fraction of sp³-hybridized carbons (Fsp3) is 0.750. The number of fused-ring (bicyclic) bond motifs is 2. The average Bonchev–Trinajstić information content (AvgIpc) is 3.00. The van der Waals surface area contributed by atoms with Crippen molar-refractivity contribution in [3.8, 4) is 0 Å².